The maximum Gasteiger partial charge on any atom is 0.300 e. The third-order valence-electron chi connectivity index (χ3n) is 5.50. The number of carbonyl (C=O) groups is 2. The summed E-state index contributed by atoms with van der Waals surface area (Å²) in [7, 11) is 2.82. The van der Waals surface area contributed by atoms with Crippen LogP contribution in [0.25, 0.3) is 5.76 Å². The highest BCUT2D eigenvalue weighted by Gasteiger charge is 2.47. The second kappa shape index (κ2) is 9.29. The fourth-order valence-corrected chi connectivity index (χ4v) is 4.32. The molecule has 1 saturated heterocycles. The molecule has 1 aliphatic heterocycles. The number of para-hydroxylation sites is 1. The zero-order chi connectivity index (χ0) is 24.6. The number of benzene rings is 3. The topological polar surface area (TPSA) is 96.3 Å². The molecule has 3 aromatic carbocycles. The fourth-order valence-electron chi connectivity index (χ4n) is 3.89. The van der Waals surface area contributed by atoms with Crippen molar-refractivity contribution in [2.45, 2.75) is 6.04 Å². The second-order valence-corrected chi connectivity index (χ2v) is 8.22. The molecule has 9 heteroatoms. The van der Waals surface area contributed by atoms with Crippen molar-refractivity contribution in [2.24, 2.45) is 0 Å². The van der Waals surface area contributed by atoms with E-state index in [1.165, 1.54) is 49.5 Å². The lowest BCUT2D eigenvalue weighted by molar-refractivity contribution is -0.132. The predicted molar refractivity (Wildman–Crippen MR) is 129 cm³/mol. The van der Waals surface area contributed by atoms with Crippen molar-refractivity contribution in [3.63, 3.8) is 0 Å². The fraction of sp³-hybridized carbons (Fsp3) is 0.120. The summed E-state index contributed by atoms with van der Waals surface area (Å²) < 4.78 is 10.6. The molecule has 0 aliphatic carbocycles. The van der Waals surface area contributed by atoms with Gasteiger partial charge in [-0.15, -0.1) is 0 Å². The summed E-state index contributed by atoms with van der Waals surface area (Å²) in [6, 6.07) is 14.7. The van der Waals surface area contributed by atoms with E-state index >= 15 is 0 Å². The largest absolute Gasteiger partial charge is 0.507 e. The number of amides is 1. The minimum Gasteiger partial charge on any atom is -0.507 e. The smallest absolute Gasteiger partial charge is 0.300 e. The van der Waals surface area contributed by atoms with Gasteiger partial charge >= 0.3 is 0 Å². The SMILES string of the molecule is COc1cc(OC)c(/C(O)=C2\C(=O)C(=O)N(c3ccccc3)C2c2ccc(O)c(Cl)c2)cc1Cl. The van der Waals surface area contributed by atoms with Crippen molar-refractivity contribution in [1.29, 1.82) is 0 Å². The third-order valence-corrected chi connectivity index (χ3v) is 6.09. The number of hydrogen-bond acceptors (Lipinski definition) is 6. The zero-order valence-electron chi connectivity index (χ0n) is 18.1. The van der Waals surface area contributed by atoms with E-state index in [1.807, 2.05) is 0 Å². The molecule has 0 spiro atoms. The molecule has 0 saturated carbocycles. The lowest BCUT2D eigenvalue weighted by Gasteiger charge is -2.25. The van der Waals surface area contributed by atoms with E-state index in [4.69, 9.17) is 32.7 Å². The maximum absolute atomic E-state index is 13.3. The Hall–Kier alpha value is -3.68. The van der Waals surface area contributed by atoms with Crippen LogP contribution in [0, 0.1) is 0 Å². The van der Waals surface area contributed by atoms with Crippen molar-refractivity contribution < 1.29 is 29.3 Å². The highest BCUT2D eigenvalue weighted by molar-refractivity contribution is 6.51. The molecule has 1 amide bonds. The van der Waals surface area contributed by atoms with Gasteiger partial charge in [0, 0.05) is 11.8 Å². The average molecular weight is 500 g/mol. The standard InChI is InChI=1S/C25H19Cl2NO6/c1-33-19-12-20(34-2)17(27)11-15(19)23(30)21-22(13-8-9-18(29)16(26)10-13)28(25(32)24(21)31)14-6-4-3-5-7-14/h3-12,22,29-30H,1-2H3/b23-21+. The van der Waals surface area contributed by atoms with Gasteiger partial charge in [-0.3, -0.25) is 14.5 Å². The Morgan fingerprint density at radius 1 is 0.912 bits per heavy atom. The van der Waals surface area contributed by atoms with Gasteiger partial charge in [0.25, 0.3) is 11.7 Å². The molecule has 34 heavy (non-hydrogen) atoms. The first-order valence-corrected chi connectivity index (χ1v) is 10.8. The molecular formula is C25H19Cl2NO6. The molecule has 0 bridgehead atoms. The van der Waals surface area contributed by atoms with E-state index in [9.17, 15) is 19.8 Å². The van der Waals surface area contributed by atoms with Crippen LogP contribution in [0.2, 0.25) is 10.0 Å². The average Bonchev–Trinajstić information content (AvgIpc) is 3.11. The lowest BCUT2D eigenvalue weighted by Crippen LogP contribution is -2.29. The molecule has 0 aromatic heterocycles. The molecule has 3 aromatic rings. The van der Waals surface area contributed by atoms with Crippen molar-refractivity contribution in [2.75, 3.05) is 19.1 Å². The number of ether oxygens (including phenoxy) is 2. The molecule has 2 N–H and O–H groups in total. The summed E-state index contributed by atoms with van der Waals surface area (Å²) in [4.78, 5) is 27.7. The van der Waals surface area contributed by atoms with E-state index in [2.05, 4.69) is 0 Å². The molecule has 1 fully saturated rings. The Morgan fingerprint density at radius 2 is 1.59 bits per heavy atom. The summed E-state index contributed by atoms with van der Waals surface area (Å²) in [6.07, 6.45) is 0. The quantitative estimate of drug-likeness (QED) is 0.279. The van der Waals surface area contributed by atoms with Crippen molar-refractivity contribution in [3.05, 3.63) is 87.4 Å². The second-order valence-electron chi connectivity index (χ2n) is 7.40. The van der Waals surface area contributed by atoms with E-state index in [0.717, 1.165) is 0 Å². The highest BCUT2D eigenvalue weighted by atomic mass is 35.5. The van der Waals surface area contributed by atoms with Crippen LogP contribution < -0.4 is 14.4 Å². The van der Waals surface area contributed by atoms with E-state index in [1.54, 1.807) is 30.3 Å². The van der Waals surface area contributed by atoms with Crippen LogP contribution in [0.3, 0.4) is 0 Å². The van der Waals surface area contributed by atoms with Gasteiger partial charge in [0.1, 0.15) is 23.0 Å². The van der Waals surface area contributed by atoms with Crippen LogP contribution in [0.4, 0.5) is 5.69 Å². The van der Waals surface area contributed by atoms with Crippen LogP contribution in [-0.2, 0) is 9.59 Å². The van der Waals surface area contributed by atoms with Crippen LogP contribution in [-0.4, -0.2) is 36.1 Å². The zero-order valence-corrected chi connectivity index (χ0v) is 19.6. The van der Waals surface area contributed by atoms with Crippen LogP contribution in [0.1, 0.15) is 17.2 Å². The van der Waals surface area contributed by atoms with Crippen LogP contribution in [0.15, 0.2) is 66.2 Å². The van der Waals surface area contributed by atoms with Gasteiger partial charge in [-0.05, 0) is 35.9 Å². The Labute approximate surface area is 205 Å². The van der Waals surface area contributed by atoms with Gasteiger partial charge in [-0.25, -0.2) is 0 Å². The number of phenolic OH excluding ortho intramolecular Hbond substituents is 1. The van der Waals surface area contributed by atoms with Crippen LogP contribution >= 0.6 is 23.2 Å². The Kier molecular flexibility index (Phi) is 6.41. The van der Waals surface area contributed by atoms with Gasteiger partial charge in [0.05, 0.1) is 41.4 Å². The van der Waals surface area contributed by atoms with Gasteiger partial charge in [0.15, 0.2) is 0 Å². The Bertz CT molecular complexity index is 1320. The highest BCUT2D eigenvalue weighted by Crippen LogP contribution is 2.45. The van der Waals surface area contributed by atoms with Gasteiger partial charge < -0.3 is 19.7 Å². The normalized spacial score (nSPS) is 17.2. The number of nitrogens with zero attached hydrogens (tertiary/aromatic N) is 1. The summed E-state index contributed by atoms with van der Waals surface area (Å²) in [5.41, 5.74) is 0.771. The number of anilines is 1. The first-order chi connectivity index (χ1) is 16.3. The van der Waals surface area contributed by atoms with E-state index in [0.29, 0.717) is 17.0 Å². The summed E-state index contributed by atoms with van der Waals surface area (Å²) in [5.74, 6) is -1.88. The number of aliphatic hydroxyl groups is 1. The third kappa shape index (κ3) is 3.93. The molecule has 4 rings (SSSR count). The number of aliphatic hydroxyl groups excluding tert-OH is 1. The molecular weight excluding hydrogens is 481 g/mol. The number of halogens is 2. The number of ketones is 1. The number of phenols is 1. The predicted octanol–water partition coefficient (Wildman–Crippen LogP) is 5.34. The van der Waals surface area contributed by atoms with Gasteiger partial charge in [-0.1, -0.05) is 47.5 Å². The molecule has 1 aliphatic rings. The summed E-state index contributed by atoms with van der Waals surface area (Å²) in [5, 5.41) is 21.4. The summed E-state index contributed by atoms with van der Waals surface area (Å²) >= 11 is 12.4. The number of hydrogen-bond donors (Lipinski definition) is 2. The number of aromatic hydroxyl groups is 1. The molecule has 1 unspecified atom stereocenters. The Balaban J connectivity index is 2.00. The number of carbonyl (C=O) groups excluding carboxylic acids is 2. The van der Waals surface area contributed by atoms with Gasteiger partial charge in [-0.2, -0.15) is 0 Å². The first kappa shape index (κ1) is 23.5. The minimum absolute atomic E-state index is 0.0289. The maximum atomic E-state index is 13.3. The molecule has 0 radical (unpaired) electrons. The van der Waals surface area contributed by atoms with Crippen molar-refractivity contribution in [3.8, 4) is 17.2 Å². The number of rotatable bonds is 5. The van der Waals surface area contributed by atoms with Gasteiger partial charge in [0.2, 0.25) is 0 Å². The molecule has 174 valence electrons. The lowest BCUT2D eigenvalue weighted by atomic mass is 9.94. The van der Waals surface area contributed by atoms with Crippen LogP contribution in [0.5, 0.6) is 17.2 Å². The van der Waals surface area contributed by atoms with E-state index < -0.39 is 23.5 Å². The number of Topliss-reactive ketones (excluding diaryl/α,β-unsaturated/α-hetero) is 1. The minimum atomic E-state index is -1.04. The molecule has 1 atom stereocenters. The first-order valence-electron chi connectivity index (χ1n) is 10.0. The van der Waals surface area contributed by atoms with E-state index in [-0.39, 0.29) is 32.7 Å². The van der Waals surface area contributed by atoms with Crippen molar-refractivity contribution >= 4 is 46.3 Å². The monoisotopic (exact) mass is 499 g/mol. The Morgan fingerprint density at radius 3 is 2.21 bits per heavy atom. The molecule has 7 nitrogen and oxygen atoms in total. The molecule has 1 heterocycles. The summed E-state index contributed by atoms with van der Waals surface area (Å²) in [6.45, 7) is 0. The van der Waals surface area contributed by atoms with Crippen molar-refractivity contribution in [1.82, 2.24) is 0 Å². The number of methoxy groups -OCH3 is 2.